The molecule has 1 fully saturated rings. The summed E-state index contributed by atoms with van der Waals surface area (Å²) in [5.74, 6) is 0.371. The molecular weight excluding hydrogens is 310 g/mol. The van der Waals surface area contributed by atoms with Crippen molar-refractivity contribution in [1.82, 2.24) is 5.32 Å². The molecule has 0 saturated heterocycles. The predicted molar refractivity (Wildman–Crippen MR) is 82.2 cm³/mol. The second kappa shape index (κ2) is 6.31. The molecule has 2 nitrogen and oxygen atoms in total. The zero-order valence-corrected chi connectivity index (χ0v) is 13.1. The van der Waals surface area contributed by atoms with Gasteiger partial charge in [-0.05, 0) is 37.3 Å². The van der Waals surface area contributed by atoms with Crippen molar-refractivity contribution in [3.8, 4) is 5.75 Å². The summed E-state index contributed by atoms with van der Waals surface area (Å²) >= 11 is 5.42. The molecule has 0 spiro atoms. The van der Waals surface area contributed by atoms with E-state index >= 15 is 0 Å². The molecule has 0 aliphatic heterocycles. The topological polar surface area (TPSA) is 32.3 Å². The van der Waals surface area contributed by atoms with E-state index in [1.165, 1.54) is 25.7 Å². The Balaban J connectivity index is 1.89. The molecule has 0 bridgehead atoms. The number of phenolic OH excluding ortho intramolecular Hbond substituents is 1. The van der Waals surface area contributed by atoms with Gasteiger partial charge in [0.2, 0.25) is 0 Å². The fourth-order valence-electron chi connectivity index (χ4n) is 2.59. The van der Waals surface area contributed by atoms with Crippen LogP contribution in [0, 0.1) is 0 Å². The number of halogens is 1. The average Bonchev–Trinajstić information content (AvgIpc) is 2.83. The second-order valence-corrected chi connectivity index (χ2v) is 7.16. The molecule has 100 valence electrons. The van der Waals surface area contributed by atoms with Crippen LogP contribution in [0.15, 0.2) is 22.7 Å². The van der Waals surface area contributed by atoms with Gasteiger partial charge in [0.1, 0.15) is 5.75 Å². The maximum absolute atomic E-state index is 9.78. The lowest BCUT2D eigenvalue weighted by atomic mass is 10.1. The van der Waals surface area contributed by atoms with Crippen molar-refractivity contribution in [3.05, 3.63) is 28.2 Å². The van der Waals surface area contributed by atoms with Crippen molar-refractivity contribution in [3.63, 3.8) is 0 Å². The van der Waals surface area contributed by atoms with Gasteiger partial charge >= 0.3 is 0 Å². The summed E-state index contributed by atoms with van der Waals surface area (Å²) in [6.07, 6.45) is 7.54. The van der Waals surface area contributed by atoms with Crippen LogP contribution in [0.25, 0.3) is 0 Å². The molecule has 2 rings (SSSR count). The molecule has 1 aliphatic carbocycles. The van der Waals surface area contributed by atoms with Gasteiger partial charge in [0.25, 0.3) is 0 Å². The minimum Gasteiger partial charge on any atom is -0.508 e. The standard InChI is InChI=1S/C14H20BrNOS/c1-18-14(6-2-3-7-14)10-16-9-11-8-12(15)4-5-13(11)17/h4-5,8,16-17H,2-3,6-7,9-10H2,1H3. The summed E-state index contributed by atoms with van der Waals surface area (Å²) in [5, 5.41) is 13.3. The molecular formula is C14H20BrNOS. The van der Waals surface area contributed by atoms with E-state index in [2.05, 4.69) is 27.5 Å². The normalized spacial score (nSPS) is 18.1. The van der Waals surface area contributed by atoms with Crippen LogP contribution in [-0.4, -0.2) is 22.7 Å². The Morgan fingerprint density at radius 2 is 2.11 bits per heavy atom. The molecule has 0 unspecified atom stereocenters. The summed E-state index contributed by atoms with van der Waals surface area (Å²) in [6, 6.07) is 5.57. The van der Waals surface area contributed by atoms with E-state index in [0.29, 0.717) is 10.5 Å². The molecule has 1 aliphatic rings. The maximum atomic E-state index is 9.78. The molecule has 0 heterocycles. The van der Waals surface area contributed by atoms with Gasteiger partial charge in [-0.1, -0.05) is 28.8 Å². The van der Waals surface area contributed by atoms with E-state index in [4.69, 9.17) is 0 Å². The smallest absolute Gasteiger partial charge is 0.120 e. The average molecular weight is 330 g/mol. The van der Waals surface area contributed by atoms with E-state index in [1.54, 1.807) is 6.07 Å². The number of thioether (sulfide) groups is 1. The quantitative estimate of drug-likeness (QED) is 0.858. The first-order valence-electron chi connectivity index (χ1n) is 6.38. The monoisotopic (exact) mass is 329 g/mol. The largest absolute Gasteiger partial charge is 0.508 e. The number of benzene rings is 1. The molecule has 1 aromatic rings. The minimum atomic E-state index is 0.371. The lowest BCUT2D eigenvalue weighted by molar-refractivity contribution is 0.460. The molecule has 1 aromatic carbocycles. The zero-order chi connectivity index (χ0) is 13.0. The molecule has 0 atom stereocenters. The van der Waals surface area contributed by atoms with Gasteiger partial charge in [0.15, 0.2) is 0 Å². The van der Waals surface area contributed by atoms with Crippen molar-refractivity contribution in [2.24, 2.45) is 0 Å². The molecule has 0 radical (unpaired) electrons. The van der Waals surface area contributed by atoms with Crippen LogP contribution in [0.5, 0.6) is 5.75 Å². The van der Waals surface area contributed by atoms with Crippen LogP contribution in [0.4, 0.5) is 0 Å². The number of aromatic hydroxyl groups is 1. The van der Waals surface area contributed by atoms with Crippen molar-refractivity contribution in [1.29, 1.82) is 0 Å². The minimum absolute atomic E-state index is 0.371. The Morgan fingerprint density at radius 1 is 1.39 bits per heavy atom. The number of hydrogen-bond acceptors (Lipinski definition) is 3. The summed E-state index contributed by atoms with van der Waals surface area (Å²) in [5.41, 5.74) is 0.957. The van der Waals surface area contributed by atoms with Gasteiger partial charge in [0, 0.05) is 27.9 Å². The second-order valence-electron chi connectivity index (χ2n) is 4.97. The molecule has 2 N–H and O–H groups in total. The van der Waals surface area contributed by atoms with Gasteiger partial charge in [0.05, 0.1) is 0 Å². The van der Waals surface area contributed by atoms with E-state index in [1.807, 2.05) is 23.9 Å². The van der Waals surface area contributed by atoms with Crippen molar-refractivity contribution >= 4 is 27.7 Å². The van der Waals surface area contributed by atoms with Gasteiger partial charge in [-0.2, -0.15) is 11.8 Å². The van der Waals surface area contributed by atoms with Crippen LogP contribution >= 0.6 is 27.7 Å². The van der Waals surface area contributed by atoms with E-state index < -0.39 is 0 Å². The van der Waals surface area contributed by atoms with Crippen molar-refractivity contribution in [2.75, 3.05) is 12.8 Å². The van der Waals surface area contributed by atoms with Gasteiger partial charge in [-0.15, -0.1) is 0 Å². The third kappa shape index (κ3) is 3.43. The maximum Gasteiger partial charge on any atom is 0.120 e. The Hall–Kier alpha value is -0.190. The summed E-state index contributed by atoms with van der Waals surface area (Å²) in [6.45, 7) is 1.76. The highest BCUT2D eigenvalue weighted by molar-refractivity contribution is 9.10. The summed E-state index contributed by atoms with van der Waals surface area (Å²) in [7, 11) is 0. The van der Waals surface area contributed by atoms with Gasteiger partial charge in [-0.3, -0.25) is 0 Å². The van der Waals surface area contributed by atoms with Crippen molar-refractivity contribution in [2.45, 2.75) is 37.0 Å². The first kappa shape index (κ1) is 14.2. The Morgan fingerprint density at radius 3 is 2.78 bits per heavy atom. The molecule has 18 heavy (non-hydrogen) atoms. The summed E-state index contributed by atoms with van der Waals surface area (Å²) in [4.78, 5) is 0. The van der Waals surface area contributed by atoms with Crippen LogP contribution in [-0.2, 0) is 6.54 Å². The Labute approximate surface area is 122 Å². The third-order valence-corrected chi connectivity index (χ3v) is 5.66. The van der Waals surface area contributed by atoms with Crippen molar-refractivity contribution < 1.29 is 5.11 Å². The van der Waals surface area contributed by atoms with Crippen LogP contribution in [0.2, 0.25) is 0 Å². The highest BCUT2D eigenvalue weighted by atomic mass is 79.9. The molecule has 4 heteroatoms. The van der Waals surface area contributed by atoms with E-state index in [-0.39, 0.29) is 0 Å². The first-order chi connectivity index (χ1) is 8.65. The molecule has 0 amide bonds. The fourth-order valence-corrected chi connectivity index (χ4v) is 3.94. The number of phenols is 1. The predicted octanol–water partition coefficient (Wildman–Crippen LogP) is 3.92. The highest BCUT2D eigenvalue weighted by Gasteiger charge is 2.32. The Bertz CT molecular complexity index is 405. The molecule has 0 aromatic heterocycles. The van der Waals surface area contributed by atoms with E-state index in [9.17, 15) is 5.11 Å². The number of rotatable bonds is 5. The lowest BCUT2D eigenvalue weighted by Crippen LogP contribution is -2.34. The Kier molecular flexibility index (Phi) is 4.98. The molecule has 1 saturated carbocycles. The van der Waals surface area contributed by atoms with Gasteiger partial charge in [-0.25, -0.2) is 0 Å². The van der Waals surface area contributed by atoms with Crippen LogP contribution < -0.4 is 5.32 Å². The number of hydrogen-bond donors (Lipinski definition) is 2. The lowest BCUT2D eigenvalue weighted by Gasteiger charge is -2.27. The van der Waals surface area contributed by atoms with E-state index in [0.717, 1.165) is 23.1 Å². The van der Waals surface area contributed by atoms with Crippen LogP contribution in [0.3, 0.4) is 0 Å². The number of nitrogens with one attached hydrogen (secondary N) is 1. The SMILES string of the molecule is CSC1(CNCc2cc(Br)ccc2O)CCCC1. The third-order valence-electron chi connectivity index (χ3n) is 3.75. The fraction of sp³-hybridized carbons (Fsp3) is 0.571. The highest BCUT2D eigenvalue weighted by Crippen LogP contribution is 2.39. The first-order valence-corrected chi connectivity index (χ1v) is 8.40. The summed E-state index contributed by atoms with van der Waals surface area (Å²) < 4.78 is 1.43. The van der Waals surface area contributed by atoms with Crippen LogP contribution in [0.1, 0.15) is 31.2 Å². The zero-order valence-electron chi connectivity index (χ0n) is 10.7. The van der Waals surface area contributed by atoms with Gasteiger partial charge < -0.3 is 10.4 Å².